The lowest BCUT2D eigenvalue weighted by atomic mass is 10.0. The molecule has 0 unspecified atom stereocenters. The van der Waals surface area contributed by atoms with Crippen LogP contribution in [0.5, 0.6) is 0 Å². The molecule has 0 aliphatic carbocycles. The number of nitrogens with zero attached hydrogens (tertiary/aromatic N) is 4. The molecule has 0 amide bonds. The van der Waals surface area contributed by atoms with Gasteiger partial charge in [-0.25, -0.2) is 18.2 Å². The van der Waals surface area contributed by atoms with Gasteiger partial charge in [0.1, 0.15) is 17.3 Å². The van der Waals surface area contributed by atoms with Crippen molar-refractivity contribution in [2.24, 2.45) is 17.8 Å². The lowest BCUT2D eigenvalue weighted by molar-refractivity contribution is 0.152. The first-order valence-corrected chi connectivity index (χ1v) is 12.4. The molecule has 10 heteroatoms. The lowest BCUT2D eigenvalue weighted by Gasteiger charge is -2.33. The second kappa shape index (κ2) is 10.6. The lowest BCUT2D eigenvalue weighted by Crippen LogP contribution is -2.40. The summed E-state index contributed by atoms with van der Waals surface area (Å²) in [5.74, 6) is 1.61. The van der Waals surface area contributed by atoms with Crippen molar-refractivity contribution in [2.75, 3.05) is 24.6 Å². The number of hydrogen-bond acceptors (Lipinski definition) is 5. The minimum atomic E-state index is -2.81. The minimum Gasteiger partial charge on any atom is -0.385 e. The molecule has 0 radical (unpaired) electrons. The first-order chi connectivity index (χ1) is 16.4. The Morgan fingerprint density at radius 1 is 1.35 bits per heavy atom. The van der Waals surface area contributed by atoms with Crippen molar-refractivity contribution < 1.29 is 13.2 Å². The van der Waals surface area contributed by atoms with Crippen molar-refractivity contribution in [2.45, 2.75) is 31.7 Å². The molecule has 0 bridgehead atoms. The van der Waals surface area contributed by atoms with Crippen LogP contribution in [0.25, 0.3) is 11.1 Å². The highest BCUT2D eigenvalue weighted by molar-refractivity contribution is 7.99. The van der Waals surface area contributed by atoms with Gasteiger partial charge in [0.15, 0.2) is 0 Å². The van der Waals surface area contributed by atoms with Crippen LogP contribution in [0.4, 0.5) is 18.9 Å². The fourth-order valence-electron chi connectivity index (χ4n) is 4.27. The third-order valence-electron chi connectivity index (χ3n) is 6.15. The van der Waals surface area contributed by atoms with Crippen LogP contribution in [0.2, 0.25) is 0 Å². The quantitative estimate of drug-likeness (QED) is 0.433. The Kier molecular flexibility index (Phi) is 7.55. The van der Waals surface area contributed by atoms with Gasteiger partial charge in [-0.05, 0) is 48.2 Å². The van der Waals surface area contributed by atoms with E-state index in [4.69, 9.17) is 5.73 Å². The van der Waals surface area contributed by atoms with Gasteiger partial charge in [-0.1, -0.05) is 6.58 Å². The van der Waals surface area contributed by atoms with Crippen LogP contribution in [0.3, 0.4) is 0 Å². The highest BCUT2D eigenvalue weighted by Gasteiger charge is 2.24. The number of nitrogens with one attached hydrogen (secondary N) is 1. The topological polar surface area (TPSA) is 71.5 Å². The van der Waals surface area contributed by atoms with Crippen molar-refractivity contribution in [3.05, 3.63) is 60.0 Å². The van der Waals surface area contributed by atoms with Gasteiger partial charge in [-0.2, -0.15) is 16.9 Å². The van der Waals surface area contributed by atoms with Crippen LogP contribution in [0.1, 0.15) is 31.3 Å². The third kappa shape index (κ3) is 5.43. The largest absolute Gasteiger partial charge is 0.385 e. The highest BCUT2D eigenvalue weighted by atomic mass is 32.2. The Morgan fingerprint density at radius 2 is 2.12 bits per heavy atom. The predicted octanol–water partition coefficient (Wildman–Crippen LogP) is 4.74. The van der Waals surface area contributed by atoms with Crippen LogP contribution in [-0.4, -0.2) is 51.2 Å². The molecule has 1 aromatic heterocycles. The van der Waals surface area contributed by atoms with Crippen LogP contribution >= 0.6 is 11.8 Å². The molecule has 0 saturated carbocycles. The fourth-order valence-corrected chi connectivity index (χ4v) is 5.38. The maximum Gasteiger partial charge on any atom is 0.264 e. The van der Waals surface area contributed by atoms with Gasteiger partial charge in [0.05, 0.1) is 6.20 Å². The van der Waals surface area contributed by atoms with E-state index in [2.05, 4.69) is 22.0 Å². The molecule has 3 heterocycles. The number of aliphatic imine (C=N–C) groups is 1. The van der Waals surface area contributed by atoms with E-state index in [1.807, 2.05) is 16.7 Å². The highest BCUT2D eigenvalue weighted by Crippen LogP contribution is 2.36. The summed E-state index contributed by atoms with van der Waals surface area (Å²) in [5.41, 5.74) is 8.07. The number of amidine groups is 1. The summed E-state index contributed by atoms with van der Waals surface area (Å²) in [5, 5.41) is 7.62. The number of nitrogens with two attached hydrogens (primary N) is 1. The van der Waals surface area contributed by atoms with Gasteiger partial charge in [0, 0.05) is 61.2 Å². The summed E-state index contributed by atoms with van der Waals surface area (Å²) in [6.45, 7) is 5.09. The number of alkyl halides is 2. The molecule has 4 rings (SSSR count). The zero-order valence-corrected chi connectivity index (χ0v) is 19.9. The smallest absolute Gasteiger partial charge is 0.264 e. The molecule has 1 aromatic carbocycles. The van der Waals surface area contributed by atoms with Crippen molar-refractivity contribution in [1.82, 2.24) is 20.0 Å². The maximum atomic E-state index is 15.0. The fraction of sp³-hybridized carbons (Fsp3) is 0.417. The number of halogens is 3. The van der Waals surface area contributed by atoms with Crippen molar-refractivity contribution in [1.29, 1.82) is 0 Å². The SMILES string of the molecule is C=CN1CCC(NC2CCSCC2)=C(C(N)=Nc2cc(C(F)F)c(-c3cnn(C)c3)cc2F)C1. The van der Waals surface area contributed by atoms with Crippen LogP contribution < -0.4 is 11.1 Å². The molecule has 1 saturated heterocycles. The second-order valence-corrected chi connectivity index (χ2v) is 9.71. The molecular formula is C24H29F3N6S. The van der Waals surface area contributed by atoms with Crippen LogP contribution in [-0.2, 0) is 7.05 Å². The van der Waals surface area contributed by atoms with Gasteiger partial charge >= 0.3 is 0 Å². The zero-order valence-electron chi connectivity index (χ0n) is 19.1. The summed E-state index contributed by atoms with van der Waals surface area (Å²) in [6.07, 6.45) is 4.77. The van der Waals surface area contributed by atoms with E-state index in [1.54, 1.807) is 19.4 Å². The molecule has 1 fully saturated rings. The molecule has 0 atom stereocenters. The Hall–Kier alpha value is -2.88. The molecule has 2 aromatic rings. The molecule has 3 N–H and O–H groups in total. The first kappa shape index (κ1) is 24.3. The maximum absolute atomic E-state index is 15.0. The van der Waals surface area contributed by atoms with E-state index in [0.29, 0.717) is 18.2 Å². The normalized spacial score (nSPS) is 18.0. The minimum absolute atomic E-state index is 0.0883. The molecule has 2 aliphatic heterocycles. The Balaban J connectivity index is 1.70. The molecule has 34 heavy (non-hydrogen) atoms. The van der Waals surface area contributed by atoms with Gasteiger partial charge in [-0.15, -0.1) is 0 Å². The predicted molar refractivity (Wildman–Crippen MR) is 132 cm³/mol. The van der Waals surface area contributed by atoms with Crippen LogP contribution in [0, 0.1) is 5.82 Å². The third-order valence-corrected chi connectivity index (χ3v) is 7.20. The van der Waals surface area contributed by atoms with Crippen LogP contribution in [0.15, 0.2) is 53.6 Å². The standard InChI is InChI=1S/C24H29F3N6S/c1-3-33-7-4-21(30-16-5-8-34-9-6-16)19(14-33)24(28)31-22-11-18(23(26)27)17(10-20(22)25)15-12-29-32(2)13-15/h3,10-13,16,23,30H,1,4-9,14H2,2H3,(H2,28,31). The van der Waals surface area contributed by atoms with E-state index in [0.717, 1.165) is 60.7 Å². The van der Waals surface area contributed by atoms with Gasteiger partial charge in [-0.3, -0.25) is 4.68 Å². The zero-order chi connectivity index (χ0) is 24.2. The van der Waals surface area contributed by atoms with E-state index in [1.165, 1.54) is 10.9 Å². The number of aryl methyl sites for hydroxylation is 1. The summed E-state index contributed by atoms with van der Waals surface area (Å²) in [7, 11) is 1.67. The van der Waals surface area contributed by atoms with Gasteiger partial charge in [0.25, 0.3) is 6.43 Å². The van der Waals surface area contributed by atoms with E-state index < -0.39 is 12.2 Å². The number of benzene rings is 1. The van der Waals surface area contributed by atoms with Gasteiger partial charge in [0.2, 0.25) is 0 Å². The summed E-state index contributed by atoms with van der Waals surface area (Å²) < 4.78 is 44.3. The van der Waals surface area contributed by atoms with E-state index >= 15 is 4.39 Å². The number of aromatic nitrogens is 2. The van der Waals surface area contributed by atoms with E-state index in [-0.39, 0.29) is 22.6 Å². The average molecular weight is 491 g/mol. The van der Waals surface area contributed by atoms with Crippen molar-refractivity contribution in [3.8, 4) is 11.1 Å². The molecule has 2 aliphatic rings. The van der Waals surface area contributed by atoms with Crippen molar-refractivity contribution in [3.63, 3.8) is 0 Å². The number of hydrogen-bond donors (Lipinski definition) is 2. The molecule has 6 nitrogen and oxygen atoms in total. The first-order valence-electron chi connectivity index (χ1n) is 11.2. The second-order valence-electron chi connectivity index (χ2n) is 8.48. The number of rotatable bonds is 7. The number of thioether (sulfide) groups is 1. The van der Waals surface area contributed by atoms with Crippen molar-refractivity contribution >= 4 is 23.3 Å². The molecule has 0 spiro atoms. The Morgan fingerprint density at radius 3 is 2.76 bits per heavy atom. The summed E-state index contributed by atoms with van der Waals surface area (Å²) >= 11 is 1.95. The Labute approximate surface area is 201 Å². The monoisotopic (exact) mass is 490 g/mol. The average Bonchev–Trinajstić information content (AvgIpc) is 3.27. The van der Waals surface area contributed by atoms with E-state index in [9.17, 15) is 8.78 Å². The van der Waals surface area contributed by atoms with Gasteiger partial charge < -0.3 is 16.0 Å². The Bertz CT molecular complexity index is 1100. The summed E-state index contributed by atoms with van der Waals surface area (Å²) in [6, 6.07) is 2.51. The summed E-state index contributed by atoms with van der Waals surface area (Å²) in [4.78, 5) is 6.29. The molecule has 182 valence electrons. The molecular weight excluding hydrogens is 461 g/mol.